The van der Waals surface area contributed by atoms with Gasteiger partial charge < -0.3 is 5.11 Å². The molecule has 1 N–H and O–H groups in total. The van der Waals surface area contributed by atoms with Crippen molar-refractivity contribution in [2.45, 2.75) is 12.5 Å². The van der Waals surface area contributed by atoms with Crippen molar-refractivity contribution in [2.24, 2.45) is 0 Å². The van der Waals surface area contributed by atoms with Crippen LogP contribution in [0, 0.1) is 12.3 Å². The van der Waals surface area contributed by atoms with Crippen LogP contribution in [0.5, 0.6) is 0 Å². The number of terminal acetylenes is 1. The number of aliphatic hydroxyl groups excluding tert-OH is 1. The lowest BCUT2D eigenvalue weighted by molar-refractivity contribution is 0.184. The van der Waals surface area contributed by atoms with E-state index in [1.165, 1.54) is 6.20 Å². The Kier molecular flexibility index (Phi) is 3.09. The molecule has 3 heteroatoms. The van der Waals surface area contributed by atoms with Crippen molar-refractivity contribution in [1.29, 1.82) is 0 Å². The Morgan fingerprint density at radius 1 is 1.75 bits per heavy atom. The number of hydrogen-bond donors (Lipinski definition) is 1. The van der Waals surface area contributed by atoms with Crippen LogP contribution in [0.25, 0.3) is 0 Å². The van der Waals surface area contributed by atoms with Crippen LogP contribution in [0.1, 0.15) is 18.1 Å². The molecule has 2 nitrogen and oxygen atoms in total. The van der Waals surface area contributed by atoms with Crippen molar-refractivity contribution in [3.8, 4) is 12.3 Å². The van der Waals surface area contributed by atoms with Gasteiger partial charge in [0.15, 0.2) is 0 Å². The summed E-state index contributed by atoms with van der Waals surface area (Å²) in [6.45, 7) is 0. The first-order chi connectivity index (χ1) is 5.75. The third-order valence-corrected chi connectivity index (χ3v) is 1.79. The number of halogens is 1. The van der Waals surface area contributed by atoms with Crippen LogP contribution in [-0.4, -0.2) is 10.1 Å². The SMILES string of the molecule is C#CCC(O)c1ccncc1Cl. The third-order valence-electron chi connectivity index (χ3n) is 1.47. The average molecular weight is 182 g/mol. The fraction of sp³-hybridized carbons (Fsp3) is 0.222. The van der Waals surface area contributed by atoms with Crippen LogP contribution in [0.3, 0.4) is 0 Å². The molecule has 1 aromatic heterocycles. The monoisotopic (exact) mass is 181 g/mol. The Morgan fingerprint density at radius 2 is 2.50 bits per heavy atom. The topological polar surface area (TPSA) is 33.1 Å². The lowest BCUT2D eigenvalue weighted by Gasteiger charge is -2.07. The standard InChI is InChI=1S/C9H8ClNO/c1-2-3-9(12)7-4-5-11-6-8(7)10/h1,4-6,9,12H,3H2. The van der Waals surface area contributed by atoms with Gasteiger partial charge in [-0.15, -0.1) is 12.3 Å². The van der Waals surface area contributed by atoms with Gasteiger partial charge >= 0.3 is 0 Å². The second-order valence-corrected chi connectivity index (χ2v) is 2.73. The Balaban J connectivity index is 2.88. The average Bonchev–Trinajstić information content (AvgIpc) is 2.05. The number of nitrogens with zero attached hydrogens (tertiary/aromatic N) is 1. The van der Waals surface area contributed by atoms with Crippen LogP contribution in [0.15, 0.2) is 18.5 Å². The summed E-state index contributed by atoms with van der Waals surface area (Å²) in [5.74, 6) is 2.36. The molecule has 0 fully saturated rings. The van der Waals surface area contributed by atoms with E-state index in [2.05, 4.69) is 10.9 Å². The van der Waals surface area contributed by atoms with Crippen molar-refractivity contribution in [2.75, 3.05) is 0 Å². The molecule has 0 bridgehead atoms. The van der Waals surface area contributed by atoms with Gasteiger partial charge in [0.05, 0.1) is 11.1 Å². The van der Waals surface area contributed by atoms with E-state index in [4.69, 9.17) is 18.0 Å². The molecule has 1 heterocycles. The van der Waals surface area contributed by atoms with Crippen LogP contribution >= 0.6 is 11.6 Å². The van der Waals surface area contributed by atoms with E-state index in [0.29, 0.717) is 10.6 Å². The van der Waals surface area contributed by atoms with Gasteiger partial charge in [-0.3, -0.25) is 4.98 Å². The van der Waals surface area contributed by atoms with Gasteiger partial charge in [-0.1, -0.05) is 11.6 Å². The third kappa shape index (κ3) is 1.97. The summed E-state index contributed by atoms with van der Waals surface area (Å²) in [7, 11) is 0. The number of hydrogen-bond acceptors (Lipinski definition) is 2. The number of pyridine rings is 1. The maximum Gasteiger partial charge on any atom is 0.0914 e. The van der Waals surface area contributed by atoms with E-state index >= 15 is 0 Å². The number of rotatable bonds is 2. The van der Waals surface area contributed by atoms with Crippen molar-refractivity contribution in [3.05, 3.63) is 29.0 Å². The van der Waals surface area contributed by atoms with Gasteiger partial charge in [-0.05, 0) is 6.07 Å². The molecule has 62 valence electrons. The second-order valence-electron chi connectivity index (χ2n) is 2.32. The van der Waals surface area contributed by atoms with E-state index < -0.39 is 6.10 Å². The minimum atomic E-state index is -0.689. The molecule has 0 aliphatic rings. The van der Waals surface area contributed by atoms with Gasteiger partial charge in [0.25, 0.3) is 0 Å². The van der Waals surface area contributed by atoms with Crippen molar-refractivity contribution in [3.63, 3.8) is 0 Å². The summed E-state index contributed by atoms with van der Waals surface area (Å²) in [6.07, 6.45) is 7.68. The first kappa shape index (κ1) is 9.05. The van der Waals surface area contributed by atoms with Gasteiger partial charge in [0.2, 0.25) is 0 Å². The van der Waals surface area contributed by atoms with Gasteiger partial charge in [0, 0.05) is 24.4 Å². The lowest BCUT2D eigenvalue weighted by atomic mass is 10.1. The first-order valence-corrected chi connectivity index (χ1v) is 3.84. The highest BCUT2D eigenvalue weighted by Crippen LogP contribution is 2.23. The quantitative estimate of drug-likeness (QED) is 0.706. The van der Waals surface area contributed by atoms with Crippen LogP contribution < -0.4 is 0 Å². The maximum atomic E-state index is 9.45. The molecule has 1 atom stereocenters. The van der Waals surface area contributed by atoms with Crippen molar-refractivity contribution in [1.82, 2.24) is 4.98 Å². The molecule has 1 aromatic rings. The van der Waals surface area contributed by atoms with Crippen LogP contribution in [0.4, 0.5) is 0 Å². The lowest BCUT2D eigenvalue weighted by Crippen LogP contribution is -1.96. The van der Waals surface area contributed by atoms with E-state index in [-0.39, 0.29) is 6.42 Å². The Bertz CT molecular complexity index is 306. The molecule has 0 spiro atoms. The Labute approximate surface area is 76.2 Å². The summed E-state index contributed by atoms with van der Waals surface area (Å²) in [5, 5.41) is 9.89. The van der Waals surface area contributed by atoms with E-state index in [0.717, 1.165) is 0 Å². The summed E-state index contributed by atoms with van der Waals surface area (Å²) >= 11 is 5.76. The number of aliphatic hydroxyl groups is 1. The summed E-state index contributed by atoms with van der Waals surface area (Å²) in [6, 6.07) is 1.66. The Morgan fingerprint density at radius 3 is 3.08 bits per heavy atom. The van der Waals surface area contributed by atoms with Crippen LogP contribution in [0.2, 0.25) is 5.02 Å². The molecule has 0 radical (unpaired) electrons. The molecule has 1 rings (SSSR count). The maximum absolute atomic E-state index is 9.45. The first-order valence-electron chi connectivity index (χ1n) is 3.46. The molecule has 0 saturated carbocycles. The number of aromatic nitrogens is 1. The fourth-order valence-corrected chi connectivity index (χ4v) is 1.12. The molecule has 12 heavy (non-hydrogen) atoms. The summed E-state index contributed by atoms with van der Waals surface area (Å²) in [5.41, 5.74) is 0.629. The summed E-state index contributed by atoms with van der Waals surface area (Å²) < 4.78 is 0. The van der Waals surface area contributed by atoms with Gasteiger partial charge in [-0.25, -0.2) is 0 Å². The van der Waals surface area contributed by atoms with Gasteiger partial charge in [-0.2, -0.15) is 0 Å². The molecule has 0 aliphatic carbocycles. The Hall–Kier alpha value is -1.04. The predicted molar refractivity (Wildman–Crippen MR) is 47.7 cm³/mol. The molecule has 1 unspecified atom stereocenters. The van der Waals surface area contributed by atoms with E-state index in [1.807, 2.05) is 0 Å². The second kappa shape index (κ2) is 4.10. The molecule has 0 aliphatic heterocycles. The molecular formula is C9H8ClNO. The van der Waals surface area contributed by atoms with E-state index in [9.17, 15) is 5.11 Å². The molecule has 0 aromatic carbocycles. The fourth-order valence-electron chi connectivity index (χ4n) is 0.878. The smallest absolute Gasteiger partial charge is 0.0914 e. The zero-order chi connectivity index (χ0) is 8.97. The molecule has 0 saturated heterocycles. The molecule has 0 amide bonds. The normalized spacial score (nSPS) is 12.1. The van der Waals surface area contributed by atoms with Crippen LogP contribution in [-0.2, 0) is 0 Å². The van der Waals surface area contributed by atoms with E-state index in [1.54, 1.807) is 12.3 Å². The zero-order valence-electron chi connectivity index (χ0n) is 6.37. The minimum absolute atomic E-state index is 0.268. The highest BCUT2D eigenvalue weighted by molar-refractivity contribution is 6.31. The highest BCUT2D eigenvalue weighted by atomic mass is 35.5. The zero-order valence-corrected chi connectivity index (χ0v) is 7.12. The largest absolute Gasteiger partial charge is 0.387 e. The predicted octanol–water partition coefficient (Wildman–Crippen LogP) is 1.79. The van der Waals surface area contributed by atoms with Crippen molar-refractivity contribution >= 4 is 11.6 Å². The summed E-state index contributed by atoms with van der Waals surface area (Å²) in [4.78, 5) is 3.79. The van der Waals surface area contributed by atoms with Gasteiger partial charge in [0.1, 0.15) is 0 Å². The van der Waals surface area contributed by atoms with Crippen molar-refractivity contribution < 1.29 is 5.11 Å². The minimum Gasteiger partial charge on any atom is -0.387 e. The molecular weight excluding hydrogens is 174 g/mol. The highest BCUT2D eigenvalue weighted by Gasteiger charge is 2.08.